The van der Waals surface area contributed by atoms with Crippen molar-refractivity contribution in [3.8, 4) is 0 Å². The highest BCUT2D eigenvalue weighted by atomic mass is 16.5. The summed E-state index contributed by atoms with van der Waals surface area (Å²) < 4.78 is 5.00. The molecule has 0 aliphatic heterocycles. The molecule has 18 nitrogen and oxygen atoms in total. The van der Waals surface area contributed by atoms with Crippen molar-refractivity contribution in [1.29, 1.82) is 0 Å². The van der Waals surface area contributed by atoms with Crippen LogP contribution in [0.1, 0.15) is 38.7 Å². The zero-order chi connectivity index (χ0) is 33.4. The Kier molecular flexibility index (Phi) is 15.0. The number of carbonyl (C=O) groups excluding carboxylic acids is 6. The van der Waals surface area contributed by atoms with Gasteiger partial charge in [-0.05, 0) is 17.9 Å². The fourth-order valence-corrected chi connectivity index (χ4v) is 3.46. The van der Waals surface area contributed by atoms with Crippen LogP contribution in [-0.2, 0) is 49.7 Å². The summed E-state index contributed by atoms with van der Waals surface area (Å²) in [5, 5.41) is 34.0. The maximum absolute atomic E-state index is 13.1. The number of aliphatic carboxylic acids is 3. The third kappa shape index (κ3) is 13.4. The first kappa shape index (κ1) is 36.5. The monoisotopic (exact) mass is 623 g/mol. The molecule has 0 fully saturated rings. The molecule has 1 aromatic carbocycles. The minimum Gasteiger partial charge on any atom is -0.481 e. The second-order valence-corrected chi connectivity index (χ2v) is 9.49. The first-order chi connectivity index (χ1) is 20.6. The van der Waals surface area contributed by atoms with E-state index in [4.69, 9.17) is 14.9 Å². The van der Waals surface area contributed by atoms with Gasteiger partial charge in [-0.25, -0.2) is 9.80 Å². The molecule has 0 aliphatic carbocycles. The standard InChI is InChI=1S/C26H33N5O13/c1-14(2)22(25(42)30-31(11-21(38)39)18(33)12-32)29-23(40)16(8-9-19(34)35)27-24(41)17(10-20(36)37)28-26(43)44-13-15-6-4-3-5-7-15/h3-7,12,14,16-17,22H,8-11,13H2,1-2H3,(H,27,41)(H,28,43)(H,29,40)(H,30,42)(H,34,35)(H,36,37)(H,38,39). The molecule has 1 rings (SSSR count). The molecule has 0 spiro atoms. The van der Waals surface area contributed by atoms with Crippen molar-refractivity contribution in [2.45, 2.75) is 57.8 Å². The fourth-order valence-electron chi connectivity index (χ4n) is 3.46. The van der Waals surface area contributed by atoms with Crippen LogP contribution in [0.15, 0.2) is 30.3 Å². The number of carbonyl (C=O) groups is 9. The second kappa shape index (κ2) is 18.1. The number of ether oxygens (including phenoxy) is 1. The summed E-state index contributed by atoms with van der Waals surface area (Å²) in [5.74, 6) is -10.0. The van der Waals surface area contributed by atoms with Crippen LogP contribution in [0.5, 0.6) is 0 Å². The third-order valence-electron chi connectivity index (χ3n) is 5.63. The lowest BCUT2D eigenvalue weighted by Gasteiger charge is -2.28. The predicted octanol–water partition coefficient (Wildman–Crippen LogP) is -1.61. The van der Waals surface area contributed by atoms with Crippen LogP contribution in [-0.4, -0.2) is 98.9 Å². The van der Waals surface area contributed by atoms with Crippen LogP contribution in [0.4, 0.5) is 4.79 Å². The van der Waals surface area contributed by atoms with Gasteiger partial charge in [0.25, 0.3) is 5.91 Å². The molecule has 44 heavy (non-hydrogen) atoms. The number of benzene rings is 1. The lowest BCUT2D eigenvalue weighted by molar-refractivity contribution is -0.152. The van der Waals surface area contributed by atoms with E-state index in [9.17, 15) is 48.3 Å². The second-order valence-electron chi connectivity index (χ2n) is 9.49. The fraction of sp³-hybridized carbons (Fsp3) is 0.423. The van der Waals surface area contributed by atoms with E-state index in [1.165, 1.54) is 13.8 Å². The van der Waals surface area contributed by atoms with Gasteiger partial charge in [0, 0.05) is 6.42 Å². The van der Waals surface area contributed by atoms with E-state index in [1.807, 2.05) is 5.43 Å². The SMILES string of the molecule is CC(C)C(NC(=O)C(CCC(=O)O)NC(=O)C(CC(=O)O)NC(=O)OCc1ccccc1)C(=O)NN(CC(=O)O)C(=O)C=O. The topological polar surface area (TPSA) is 275 Å². The molecule has 240 valence electrons. The molecule has 0 radical (unpaired) electrons. The summed E-state index contributed by atoms with van der Waals surface area (Å²) in [5.41, 5.74) is 2.51. The van der Waals surface area contributed by atoms with Crippen molar-refractivity contribution in [3.05, 3.63) is 35.9 Å². The Labute approximate surface area is 250 Å². The van der Waals surface area contributed by atoms with Gasteiger partial charge in [-0.15, -0.1) is 0 Å². The number of carboxylic acids is 3. The number of aldehydes is 1. The van der Waals surface area contributed by atoms with Crippen molar-refractivity contribution in [2.24, 2.45) is 5.92 Å². The van der Waals surface area contributed by atoms with E-state index in [0.29, 0.717) is 5.56 Å². The Hall–Kier alpha value is -5.55. The zero-order valence-electron chi connectivity index (χ0n) is 23.7. The van der Waals surface area contributed by atoms with Gasteiger partial charge in [0.1, 0.15) is 31.3 Å². The number of rotatable bonds is 17. The molecule has 0 aliphatic rings. The molecular formula is C26H33N5O13. The molecular weight excluding hydrogens is 590 g/mol. The highest BCUT2D eigenvalue weighted by Crippen LogP contribution is 2.07. The average molecular weight is 624 g/mol. The van der Waals surface area contributed by atoms with Crippen LogP contribution in [0.3, 0.4) is 0 Å². The number of alkyl carbamates (subject to hydrolysis) is 1. The zero-order valence-corrected chi connectivity index (χ0v) is 23.7. The number of hydrazine groups is 1. The molecule has 0 bridgehead atoms. The highest BCUT2D eigenvalue weighted by molar-refractivity contribution is 6.24. The van der Waals surface area contributed by atoms with E-state index in [1.54, 1.807) is 30.3 Å². The first-order valence-electron chi connectivity index (χ1n) is 12.9. The Morgan fingerprint density at radius 3 is 1.95 bits per heavy atom. The molecule has 3 unspecified atom stereocenters. The van der Waals surface area contributed by atoms with Crippen LogP contribution >= 0.6 is 0 Å². The third-order valence-corrected chi connectivity index (χ3v) is 5.63. The molecule has 7 N–H and O–H groups in total. The van der Waals surface area contributed by atoms with Crippen molar-refractivity contribution in [2.75, 3.05) is 6.54 Å². The van der Waals surface area contributed by atoms with Gasteiger partial charge in [0.15, 0.2) is 0 Å². The lowest BCUT2D eigenvalue weighted by atomic mass is 10.0. The summed E-state index contributed by atoms with van der Waals surface area (Å²) in [7, 11) is 0. The minimum atomic E-state index is -1.76. The Bertz CT molecular complexity index is 1240. The minimum absolute atomic E-state index is 0.196. The number of nitrogens with zero attached hydrogens (tertiary/aromatic N) is 1. The number of hydrogen-bond donors (Lipinski definition) is 7. The van der Waals surface area contributed by atoms with Crippen LogP contribution < -0.4 is 21.4 Å². The van der Waals surface area contributed by atoms with Crippen molar-refractivity contribution >= 4 is 53.9 Å². The Morgan fingerprint density at radius 2 is 1.43 bits per heavy atom. The number of carboxylic acid groups (broad SMARTS) is 3. The molecule has 0 heterocycles. The van der Waals surface area contributed by atoms with Crippen LogP contribution in [0.2, 0.25) is 0 Å². The predicted molar refractivity (Wildman–Crippen MR) is 145 cm³/mol. The van der Waals surface area contributed by atoms with Crippen molar-refractivity contribution in [1.82, 2.24) is 26.4 Å². The summed E-state index contributed by atoms with van der Waals surface area (Å²) in [6, 6.07) is 3.46. The normalized spacial score (nSPS) is 12.4. The van der Waals surface area contributed by atoms with E-state index in [-0.39, 0.29) is 17.9 Å². The van der Waals surface area contributed by atoms with Crippen LogP contribution in [0.25, 0.3) is 0 Å². The van der Waals surface area contributed by atoms with Gasteiger partial charge >= 0.3 is 29.9 Å². The average Bonchev–Trinajstić information content (AvgIpc) is 2.95. The molecule has 0 aromatic heterocycles. The molecule has 3 atom stereocenters. The summed E-state index contributed by atoms with van der Waals surface area (Å²) in [4.78, 5) is 107. The highest BCUT2D eigenvalue weighted by Gasteiger charge is 2.33. The van der Waals surface area contributed by atoms with E-state index < -0.39 is 97.5 Å². The summed E-state index contributed by atoms with van der Waals surface area (Å²) >= 11 is 0. The first-order valence-corrected chi connectivity index (χ1v) is 12.9. The van der Waals surface area contributed by atoms with Gasteiger partial charge in [-0.2, -0.15) is 0 Å². The van der Waals surface area contributed by atoms with Gasteiger partial charge in [-0.3, -0.25) is 43.8 Å². The Morgan fingerprint density at radius 1 is 0.818 bits per heavy atom. The van der Waals surface area contributed by atoms with Crippen molar-refractivity contribution in [3.63, 3.8) is 0 Å². The molecule has 18 heteroatoms. The molecule has 5 amide bonds. The van der Waals surface area contributed by atoms with Crippen LogP contribution in [0, 0.1) is 5.92 Å². The van der Waals surface area contributed by atoms with E-state index >= 15 is 0 Å². The largest absolute Gasteiger partial charge is 0.481 e. The van der Waals surface area contributed by atoms with Gasteiger partial charge < -0.3 is 36.0 Å². The maximum Gasteiger partial charge on any atom is 0.408 e. The number of nitrogens with one attached hydrogen (secondary N) is 4. The molecule has 0 saturated heterocycles. The van der Waals surface area contributed by atoms with Gasteiger partial charge in [0.2, 0.25) is 18.1 Å². The smallest absolute Gasteiger partial charge is 0.408 e. The molecule has 0 saturated carbocycles. The quantitative estimate of drug-likeness (QED) is 0.0585. The summed E-state index contributed by atoms with van der Waals surface area (Å²) in [6.07, 6.45) is -3.54. The number of hydrogen-bond acceptors (Lipinski definition) is 10. The number of amides is 5. The van der Waals surface area contributed by atoms with Gasteiger partial charge in [0.05, 0.1) is 6.42 Å². The van der Waals surface area contributed by atoms with E-state index in [0.717, 1.165) is 0 Å². The van der Waals surface area contributed by atoms with Gasteiger partial charge in [-0.1, -0.05) is 44.2 Å². The van der Waals surface area contributed by atoms with E-state index in [2.05, 4.69) is 16.0 Å². The lowest BCUT2D eigenvalue weighted by Crippen LogP contribution is -2.60. The maximum atomic E-state index is 13.1. The van der Waals surface area contributed by atoms with Crippen molar-refractivity contribution < 1.29 is 63.2 Å². The summed E-state index contributed by atoms with van der Waals surface area (Å²) in [6.45, 7) is 1.60. The Balaban J connectivity index is 3.09. The molecule has 1 aromatic rings.